The van der Waals surface area contributed by atoms with Crippen molar-refractivity contribution in [2.45, 2.75) is 6.04 Å². The number of anilines is 1. The van der Waals surface area contributed by atoms with Crippen molar-refractivity contribution in [3.8, 4) is 5.75 Å². The number of fused-ring (bicyclic) bond motifs is 1. The minimum atomic E-state index is -0.193. The zero-order valence-corrected chi connectivity index (χ0v) is 14.3. The molecule has 0 radical (unpaired) electrons. The van der Waals surface area contributed by atoms with Gasteiger partial charge in [0.2, 0.25) is 0 Å². The average molecular weight is 339 g/mol. The largest absolute Gasteiger partial charge is 0.482 e. The third-order valence-corrected chi connectivity index (χ3v) is 4.14. The standard InChI is InChI=1S/C19H21N3O3/c1-22(2)16(13-6-4-3-5-7-13)11-20-19(24)14-8-9-15-17(10-14)25-12-18(23)21-15/h3-10,16H,11-12H2,1-2H3,(H,20,24)(H,21,23). The lowest BCUT2D eigenvalue weighted by Crippen LogP contribution is -2.34. The van der Waals surface area contributed by atoms with E-state index in [-0.39, 0.29) is 24.5 Å². The van der Waals surface area contributed by atoms with E-state index in [0.717, 1.165) is 5.56 Å². The van der Waals surface area contributed by atoms with Gasteiger partial charge in [0.15, 0.2) is 6.61 Å². The second-order valence-corrected chi connectivity index (χ2v) is 6.15. The van der Waals surface area contributed by atoms with Gasteiger partial charge >= 0.3 is 0 Å². The molecule has 0 bridgehead atoms. The van der Waals surface area contributed by atoms with Crippen molar-refractivity contribution in [1.82, 2.24) is 10.2 Å². The number of carbonyl (C=O) groups is 2. The number of hydrogen-bond donors (Lipinski definition) is 2. The Labute approximate surface area is 146 Å². The van der Waals surface area contributed by atoms with Crippen LogP contribution in [0.15, 0.2) is 48.5 Å². The molecule has 6 heteroatoms. The summed E-state index contributed by atoms with van der Waals surface area (Å²) in [6.07, 6.45) is 0. The number of rotatable bonds is 5. The summed E-state index contributed by atoms with van der Waals surface area (Å²) in [5, 5.41) is 5.68. The zero-order chi connectivity index (χ0) is 17.8. The van der Waals surface area contributed by atoms with E-state index in [9.17, 15) is 9.59 Å². The first kappa shape index (κ1) is 17.0. The molecule has 0 aliphatic carbocycles. The molecule has 1 atom stereocenters. The highest BCUT2D eigenvalue weighted by Crippen LogP contribution is 2.28. The molecule has 2 N–H and O–H groups in total. The molecule has 2 aromatic rings. The van der Waals surface area contributed by atoms with Gasteiger partial charge in [-0.1, -0.05) is 30.3 Å². The molecule has 1 aliphatic rings. The van der Waals surface area contributed by atoms with E-state index in [2.05, 4.69) is 15.5 Å². The molecular weight excluding hydrogens is 318 g/mol. The van der Waals surface area contributed by atoms with Crippen LogP contribution in [0.5, 0.6) is 5.75 Å². The number of hydrogen-bond acceptors (Lipinski definition) is 4. The third kappa shape index (κ3) is 3.97. The molecule has 3 rings (SSSR count). The fraction of sp³-hybridized carbons (Fsp3) is 0.263. The van der Waals surface area contributed by atoms with E-state index < -0.39 is 0 Å². The quantitative estimate of drug-likeness (QED) is 0.875. The summed E-state index contributed by atoms with van der Waals surface area (Å²) < 4.78 is 5.36. The molecule has 1 aliphatic heterocycles. The number of nitrogens with one attached hydrogen (secondary N) is 2. The van der Waals surface area contributed by atoms with Crippen LogP contribution in [-0.2, 0) is 4.79 Å². The van der Waals surface area contributed by atoms with Crippen LogP contribution in [-0.4, -0.2) is 44.0 Å². The molecule has 0 spiro atoms. The summed E-state index contributed by atoms with van der Waals surface area (Å²) >= 11 is 0. The van der Waals surface area contributed by atoms with Gasteiger partial charge in [0, 0.05) is 12.1 Å². The summed E-state index contributed by atoms with van der Waals surface area (Å²) in [6.45, 7) is 0.458. The number of likely N-dealkylation sites (N-methyl/N-ethyl adjacent to an activating group) is 1. The van der Waals surface area contributed by atoms with E-state index >= 15 is 0 Å². The van der Waals surface area contributed by atoms with Crippen LogP contribution in [0.25, 0.3) is 0 Å². The molecule has 0 fully saturated rings. The van der Waals surface area contributed by atoms with Crippen LogP contribution in [0.1, 0.15) is 22.0 Å². The second kappa shape index (κ2) is 7.36. The molecule has 1 unspecified atom stereocenters. The minimum Gasteiger partial charge on any atom is -0.482 e. The molecule has 0 saturated heterocycles. The Hall–Kier alpha value is -2.86. The monoisotopic (exact) mass is 339 g/mol. The summed E-state index contributed by atoms with van der Waals surface area (Å²) in [4.78, 5) is 25.9. The third-order valence-electron chi connectivity index (χ3n) is 4.14. The molecule has 0 saturated carbocycles. The predicted octanol–water partition coefficient (Wildman–Crippen LogP) is 2.05. The first-order chi connectivity index (χ1) is 12.0. The van der Waals surface area contributed by atoms with E-state index in [4.69, 9.17) is 4.74 Å². The Morgan fingerprint density at radius 2 is 2.00 bits per heavy atom. The molecular formula is C19H21N3O3. The van der Waals surface area contributed by atoms with Crippen molar-refractivity contribution < 1.29 is 14.3 Å². The smallest absolute Gasteiger partial charge is 0.262 e. The molecule has 2 amide bonds. The average Bonchev–Trinajstić information content (AvgIpc) is 2.62. The second-order valence-electron chi connectivity index (χ2n) is 6.15. The summed E-state index contributed by atoms with van der Waals surface area (Å²) in [5.74, 6) is 0.145. The van der Waals surface area contributed by atoms with Gasteiger partial charge in [0.25, 0.3) is 11.8 Å². The number of nitrogens with zero attached hydrogens (tertiary/aromatic N) is 1. The van der Waals surface area contributed by atoms with E-state index in [1.165, 1.54) is 0 Å². The topological polar surface area (TPSA) is 70.7 Å². The molecule has 130 valence electrons. The minimum absolute atomic E-state index is 0.0330. The van der Waals surface area contributed by atoms with Gasteiger partial charge in [-0.25, -0.2) is 0 Å². The lowest BCUT2D eigenvalue weighted by Gasteiger charge is -2.25. The Balaban J connectivity index is 1.68. The molecule has 6 nitrogen and oxygen atoms in total. The maximum absolute atomic E-state index is 12.5. The van der Waals surface area contributed by atoms with Crippen molar-refractivity contribution in [1.29, 1.82) is 0 Å². The van der Waals surface area contributed by atoms with Crippen LogP contribution in [0.3, 0.4) is 0 Å². The van der Waals surface area contributed by atoms with Gasteiger partial charge in [-0.05, 0) is 37.9 Å². The van der Waals surface area contributed by atoms with Gasteiger partial charge in [0.1, 0.15) is 5.75 Å². The van der Waals surface area contributed by atoms with Crippen LogP contribution in [0.4, 0.5) is 5.69 Å². The van der Waals surface area contributed by atoms with Gasteiger partial charge in [-0.2, -0.15) is 0 Å². The number of amides is 2. The maximum Gasteiger partial charge on any atom is 0.262 e. The Kier molecular flexibility index (Phi) is 5.00. The fourth-order valence-corrected chi connectivity index (χ4v) is 2.78. The number of carbonyl (C=O) groups excluding carboxylic acids is 2. The number of ether oxygens (including phenoxy) is 1. The molecule has 1 heterocycles. The van der Waals surface area contributed by atoms with Gasteiger partial charge in [0.05, 0.1) is 11.7 Å². The van der Waals surface area contributed by atoms with Crippen molar-refractivity contribution in [2.24, 2.45) is 0 Å². The number of benzene rings is 2. The van der Waals surface area contributed by atoms with E-state index in [0.29, 0.717) is 23.5 Å². The predicted molar refractivity (Wildman–Crippen MR) is 95.8 cm³/mol. The summed E-state index contributed by atoms with van der Waals surface area (Å²) in [5.41, 5.74) is 2.23. The van der Waals surface area contributed by atoms with Crippen molar-refractivity contribution >= 4 is 17.5 Å². The fourth-order valence-electron chi connectivity index (χ4n) is 2.78. The normalized spacial score (nSPS) is 14.3. The zero-order valence-electron chi connectivity index (χ0n) is 14.3. The van der Waals surface area contributed by atoms with Crippen LogP contribution in [0, 0.1) is 0 Å². The first-order valence-electron chi connectivity index (χ1n) is 8.11. The Bertz CT molecular complexity index is 775. The van der Waals surface area contributed by atoms with Crippen molar-refractivity contribution in [2.75, 3.05) is 32.6 Å². The first-order valence-corrected chi connectivity index (χ1v) is 8.11. The summed E-state index contributed by atoms with van der Waals surface area (Å²) in [6, 6.07) is 15.1. The highest BCUT2D eigenvalue weighted by atomic mass is 16.5. The molecule has 25 heavy (non-hydrogen) atoms. The SMILES string of the molecule is CN(C)C(CNC(=O)c1ccc2c(c1)OCC(=O)N2)c1ccccc1. The lowest BCUT2D eigenvalue weighted by molar-refractivity contribution is -0.118. The van der Waals surface area contributed by atoms with Gasteiger partial charge in [-0.3, -0.25) is 9.59 Å². The van der Waals surface area contributed by atoms with Crippen molar-refractivity contribution in [3.63, 3.8) is 0 Å². The van der Waals surface area contributed by atoms with Crippen LogP contribution < -0.4 is 15.4 Å². The Morgan fingerprint density at radius 3 is 2.72 bits per heavy atom. The molecule has 2 aromatic carbocycles. The van der Waals surface area contributed by atoms with Gasteiger partial charge < -0.3 is 20.3 Å². The van der Waals surface area contributed by atoms with E-state index in [1.54, 1.807) is 18.2 Å². The van der Waals surface area contributed by atoms with Crippen molar-refractivity contribution in [3.05, 3.63) is 59.7 Å². The summed E-state index contributed by atoms with van der Waals surface area (Å²) in [7, 11) is 3.97. The highest BCUT2D eigenvalue weighted by molar-refractivity contribution is 5.99. The lowest BCUT2D eigenvalue weighted by atomic mass is 10.1. The van der Waals surface area contributed by atoms with Gasteiger partial charge in [-0.15, -0.1) is 0 Å². The molecule has 0 aromatic heterocycles. The maximum atomic E-state index is 12.5. The van der Waals surface area contributed by atoms with Crippen LogP contribution >= 0.6 is 0 Å². The Morgan fingerprint density at radius 1 is 1.24 bits per heavy atom. The highest BCUT2D eigenvalue weighted by Gasteiger charge is 2.19. The van der Waals surface area contributed by atoms with Crippen LogP contribution in [0.2, 0.25) is 0 Å². The van der Waals surface area contributed by atoms with E-state index in [1.807, 2.05) is 44.4 Å².